The summed E-state index contributed by atoms with van der Waals surface area (Å²) in [4.78, 5) is 0. The minimum Gasteiger partial charge on any atom is -0.316 e. The van der Waals surface area contributed by atoms with Gasteiger partial charge in [0, 0.05) is 33.1 Å². The predicted molar refractivity (Wildman–Crippen MR) is 85.7 cm³/mol. The Balaban J connectivity index is 2.09. The van der Waals surface area contributed by atoms with Crippen LogP contribution >= 0.6 is 23.5 Å². The Hall–Kier alpha value is -0.260. The quantitative estimate of drug-likeness (QED) is 0.909. The summed E-state index contributed by atoms with van der Waals surface area (Å²) in [5, 5.41) is 4.83. The van der Waals surface area contributed by atoms with Crippen molar-refractivity contribution < 1.29 is 8.78 Å². The number of benzene rings is 1. The average Bonchev–Trinajstić information content (AvgIpc) is 2.42. The first-order chi connectivity index (χ1) is 9.52. The van der Waals surface area contributed by atoms with Gasteiger partial charge in [0.05, 0.1) is 0 Å². The molecule has 0 spiro atoms. The highest BCUT2D eigenvalue weighted by Gasteiger charge is 2.31. The molecule has 112 valence electrons. The maximum atomic E-state index is 13.8. The van der Waals surface area contributed by atoms with E-state index in [1.807, 2.05) is 30.6 Å². The Morgan fingerprint density at radius 1 is 1.25 bits per heavy atom. The minimum atomic E-state index is -0.444. The van der Waals surface area contributed by atoms with E-state index in [0.29, 0.717) is 22.2 Å². The zero-order valence-corrected chi connectivity index (χ0v) is 13.7. The molecule has 1 N–H and O–H groups in total. The summed E-state index contributed by atoms with van der Waals surface area (Å²) in [6, 6.07) is 4.17. The lowest BCUT2D eigenvalue weighted by Crippen LogP contribution is -2.43. The summed E-state index contributed by atoms with van der Waals surface area (Å²) < 4.78 is 27.5. The molecule has 4 atom stereocenters. The molecule has 1 saturated heterocycles. The zero-order valence-electron chi connectivity index (χ0n) is 12.0. The van der Waals surface area contributed by atoms with E-state index in [2.05, 4.69) is 19.2 Å². The van der Waals surface area contributed by atoms with Crippen LogP contribution in [-0.2, 0) is 6.42 Å². The number of halogens is 2. The topological polar surface area (TPSA) is 12.0 Å². The van der Waals surface area contributed by atoms with Crippen LogP contribution in [0.15, 0.2) is 18.2 Å². The van der Waals surface area contributed by atoms with Crippen molar-refractivity contribution in [1.82, 2.24) is 5.32 Å². The Kier molecular flexibility index (Phi) is 5.75. The van der Waals surface area contributed by atoms with Gasteiger partial charge in [-0.05, 0) is 25.6 Å². The second-order valence-corrected chi connectivity index (χ2v) is 8.25. The molecule has 0 aliphatic carbocycles. The third-order valence-corrected chi connectivity index (χ3v) is 7.43. The van der Waals surface area contributed by atoms with E-state index in [1.165, 1.54) is 18.2 Å². The Morgan fingerprint density at radius 2 is 1.90 bits per heavy atom. The van der Waals surface area contributed by atoms with Gasteiger partial charge in [-0.15, -0.1) is 0 Å². The fourth-order valence-corrected chi connectivity index (χ4v) is 5.55. The van der Waals surface area contributed by atoms with Gasteiger partial charge in [-0.3, -0.25) is 0 Å². The van der Waals surface area contributed by atoms with Crippen molar-refractivity contribution in [2.24, 2.45) is 0 Å². The van der Waals surface area contributed by atoms with Gasteiger partial charge in [-0.25, -0.2) is 8.78 Å². The predicted octanol–water partition coefficient (Wildman–Crippen LogP) is 3.72. The van der Waals surface area contributed by atoms with Crippen LogP contribution in [0.5, 0.6) is 0 Å². The van der Waals surface area contributed by atoms with Crippen LogP contribution in [0.3, 0.4) is 0 Å². The molecule has 4 unspecified atom stereocenters. The highest BCUT2D eigenvalue weighted by Crippen LogP contribution is 2.37. The number of rotatable bonds is 4. The maximum absolute atomic E-state index is 13.8. The van der Waals surface area contributed by atoms with Crippen molar-refractivity contribution in [3.05, 3.63) is 35.4 Å². The van der Waals surface area contributed by atoms with E-state index in [1.54, 1.807) is 0 Å². The molecule has 20 heavy (non-hydrogen) atoms. The van der Waals surface area contributed by atoms with Gasteiger partial charge < -0.3 is 5.32 Å². The molecule has 1 aromatic rings. The average molecular weight is 317 g/mol. The summed E-state index contributed by atoms with van der Waals surface area (Å²) in [6.45, 7) is 4.47. The first-order valence-corrected chi connectivity index (χ1v) is 8.89. The van der Waals surface area contributed by atoms with Gasteiger partial charge >= 0.3 is 0 Å². The molecular formula is C15H21F2NS2. The fraction of sp³-hybridized carbons (Fsp3) is 0.600. The first kappa shape index (κ1) is 16.1. The van der Waals surface area contributed by atoms with Crippen LogP contribution < -0.4 is 5.32 Å². The lowest BCUT2D eigenvalue weighted by atomic mass is 10.0. The molecule has 1 fully saturated rings. The van der Waals surface area contributed by atoms with E-state index >= 15 is 0 Å². The van der Waals surface area contributed by atoms with Crippen molar-refractivity contribution >= 4 is 23.5 Å². The summed E-state index contributed by atoms with van der Waals surface area (Å²) in [7, 11) is 1.87. The zero-order chi connectivity index (χ0) is 14.7. The van der Waals surface area contributed by atoms with Gasteiger partial charge in [-0.2, -0.15) is 23.5 Å². The smallest absolute Gasteiger partial charge is 0.129 e. The van der Waals surface area contributed by atoms with Gasteiger partial charge in [-0.1, -0.05) is 19.9 Å². The third-order valence-electron chi connectivity index (χ3n) is 3.88. The van der Waals surface area contributed by atoms with Gasteiger partial charge in [0.2, 0.25) is 0 Å². The summed E-state index contributed by atoms with van der Waals surface area (Å²) in [5.41, 5.74) is 0.198. The number of hydrogen-bond donors (Lipinski definition) is 1. The molecule has 1 aromatic carbocycles. The first-order valence-electron chi connectivity index (χ1n) is 6.90. The van der Waals surface area contributed by atoms with E-state index < -0.39 is 11.6 Å². The van der Waals surface area contributed by atoms with Gasteiger partial charge in [0.25, 0.3) is 0 Å². The molecule has 0 aromatic heterocycles. The Labute approximate surface area is 128 Å². The van der Waals surface area contributed by atoms with Gasteiger partial charge in [0.1, 0.15) is 11.6 Å². The molecule has 2 rings (SSSR count). The molecule has 0 radical (unpaired) electrons. The highest BCUT2D eigenvalue weighted by molar-refractivity contribution is 8.07. The monoisotopic (exact) mass is 317 g/mol. The second-order valence-electron chi connectivity index (χ2n) is 5.22. The largest absolute Gasteiger partial charge is 0.316 e. The SMILES string of the molecule is CNC(Cc1c(F)cccc1F)C1CSC(C)C(C)S1. The Morgan fingerprint density at radius 3 is 2.45 bits per heavy atom. The van der Waals surface area contributed by atoms with Crippen LogP contribution in [-0.4, -0.2) is 34.6 Å². The molecule has 0 saturated carbocycles. The van der Waals surface area contributed by atoms with Crippen molar-refractivity contribution in [2.75, 3.05) is 12.8 Å². The normalized spacial score (nSPS) is 28.4. The van der Waals surface area contributed by atoms with Crippen molar-refractivity contribution in [3.8, 4) is 0 Å². The van der Waals surface area contributed by atoms with Crippen LogP contribution in [0.2, 0.25) is 0 Å². The Bertz CT molecular complexity index is 435. The van der Waals surface area contributed by atoms with Gasteiger partial charge in [0.15, 0.2) is 0 Å². The van der Waals surface area contributed by atoms with Crippen molar-refractivity contribution in [2.45, 2.75) is 42.1 Å². The molecule has 1 aliphatic rings. The van der Waals surface area contributed by atoms with Crippen molar-refractivity contribution in [1.29, 1.82) is 0 Å². The van der Waals surface area contributed by atoms with E-state index in [-0.39, 0.29) is 11.6 Å². The van der Waals surface area contributed by atoms with E-state index in [9.17, 15) is 8.78 Å². The highest BCUT2D eigenvalue weighted by atomic mass is 32.2. The standard InChI is InChI=1S/C15H21F2NS2/c1-9-10(2)20-15(8-19-9)14(18-3)7-11-12(16)5-4-6-13(11)17/h4-6,9-10,14-15,18H,7-8H2,1-3H3. The van der Waals surface area contributed by atoms with E-state index in [4.69, 9.17) is 0 Å². The molecule has 1 aliphatic heterocycles. The number of nitrogens with one attached hydrogen (secondary N) is 1. The minimum absolute atomic E-state index is 0.0915. The summed E-state index contributed by atoms with van der Waals surface area (Å²) in [5.74, 6) is 0.137. The van der Waals surface area contributed by atoms with E-state index in [0.717, 1.165) is 5.75 Å². The number of hydrogen-bond acceptors (Lipinski definition) is 3. The third kappa shape index (κ3) is 3.68. The number of likely N-dealkylation sites (N-methyl/N-ethyl adjacent to an activating group) is 1. The lowest BCUT2D eigenvalue weighted by molar-refractivity contribution is 0.501. The van der Waals surface area contributed by atoms with Crippen molar-refractivity contribution in [3.63, 3.8) is 0 Å². The summed E-state index contributed by atoms with van der Waals surface area (Å²) >= 11 is 3.88. The second kappa shape index (κ2) is 7.14. The fourth-order valence-electron chi connectivity index (χ4n) is 2.39. The van der Waals surface area contributed by atoms with Crippen LogP contribution in [0.25, 0.3) is 0 Å². The molecule has 0 bridgehead atoms. The molecule has 1 heterocycles. The van der Waals surface area contributed by atoms with Crippen LogP contribution in [0.1, 0.15) is 19.4 Å². The molecule has 5 heteroatoms. The van der Waals surface area contributed by atoms with Crippen LogP contribution in [0.4, 0.5) is 8.78 Å². The molecule has 1 nitrogen and oxygen atoms in total. The lowest BCUT2D eigenvalue weighted by Gasteiger charge is -2.36. The number of thioether (sulfide) groups is 2. The van der Waals surface area contributed by atoms with Crippen LogP contribution in [0, 0.1) is 11.6 Å². The summed E-state index contributed by atoms with van der Waals surface area (Å²) in [6.07, 6.45) is 0.397. The molecule has 0 amide bonds. The molecular weight excluding hydrogens is 296 g/mol. The maximum Gasteiger partial charge on any atom is 0.129 e.